The van der Waals surface area contributed by atoms with E-state index in [0.29, 0.717) is 5.69 Å². The molecule has 0 unspecified atom stereocenters. The number of imidazole rings is 1. The molecule has 0 radical (unpaired) electrons. The Morgan fingerprint density at radius 2 is 2.08 bits per heavy atom. The molecule has 0 saturated carbocycles. The lowest BCUT2D eigenvalue weighted by atomic mass is 10.3. The number of nitrogens with two attached hydrogens (primary N) is 1. The van der Waals surface area contributed by atoms with Crippen LogP contribution in [-0.4, -0.2) is 9.55 Å². The number of aromatic nitrogens is 2. The lowest BCUT2D eigenvalue weighted by Gasteiger charge is -2.04. The first kappa shape index (κ1) is 7.79. The third kappa shape index (κ3) is 1.26. The summed E-state index contributed by atoms with van der Waals surface area (Å²) < 4.78 is 14.7. The largest absolute Gasteiger partial charge is 0.369 e. The Morgan fingerprint density at radius 3 is 2.69 bits per heavy atom. The zero-order valence-corrected chi connectivity index (χ0v) is 6.81. The van der Waals surface area contributed by atoms with Crippen molar-refractivity contribution in [3.05, 3.63) is 42.5 Å². The van der Waals surface area contributed by atoms with Crippen LogP contribution in [0.2, 0.25) is 0 Å². The highest BCUT2D eigenvalue weighted by Crippen LogP contribution is 2.14. The Kier molecular flexibility index (Phi) is 1.73. The molecule has 0 saturated heterocycles. The summed E-state index contributed by atoms with van der Waals surface area (Å²) in [6.07, 6.45) is 3.15. The maximum absolute atomic E-state index is 13.2. The molecule has 13 heavy (non-hydrogen) atoms. The summed E-state index contributed by atoms with van der Waals surface area (Å²) in [5.74, 6) is -0.0303. The van der Waals surface area contributed by atoms with Crippen molar-refractivity contribution in [1.29, 1.82) is 0 Å². The van der Waals surface area contributed by atoms with Gasteiger partial charge in [-0.05, 0) is 12.1 Å². The molecule has 3 nitrogen and oxygen atoms in total. The Bertz CT molecular complexity index is 422. The van der Waals surface area contributed by atoms with Gasteiger partial charge in [0.1, 0.15) is 5.82 Å². The lowest BCUT2D eigenvalue weighted by molar-refractivity contribution is 0.619. The van der Waals surface area contributed by atoms with Gasteiger partial charge in [-0.1, -0.05) is 12.1 Å². The number of para-hydroxylation sites is 1. The normalized spacial score (nSPS) is 10.2. The van der Waals surface area contributed by atoms with E-state index in [0.717, 1.165) is 0 Å². The minimum absolute atomic E-state index is 0.283. The van der Waals surface area contributed by atoms with Crippen LogP contribution in [0, 0.1) is 5.82 Å². The third-order valence-corrected chi connectivity index (χ3v) is 1.78. The molecule has 0 fully saturated rings. The van der Waals surface area contributed by atoms with Gasteiger partial charge in [0.25, 0.3) is 0 Å². The van der Waals surface area contributed by atoms with Crippen molar-refractivity contribution in [2.24, 2.45) is 0 Å². The monoisotopic (exact) mass is 177 g/mol. The zero-order chi connectivity index (χ0) is 9.26. The number of anilines is 1. The predicted octanol–water partition coefficient (Wildman–Crippen LogP) is 1.59. The molecule has 0 aliphatic heterocycles. The first-order valence-electron chi connectivity index (χ1n) is 3.83. The maximum Gasteiger partial charge on any atom is 0.204 e. The fraction of sp³-hybridized carbons (Fsp3) is 0. The molecule has 0 aliphatic carbocycles. The van der Waals surface area contributed by atoms with E-state index in [4.69, 9.17) is 5.73 Å². The van der Waals surface area contributed by atoms with Crippen molar-refractivity contribution in [3.63, 3.8) is 0 Å². The standard InChI is InChI=1S/C9H8FN3/c10-7-3-1-2-4-8(7)13-6-5-12-9(13)11/h1-6H,(H2,11,12). The molecule has 2 rings (SSSR count). The number of rotatable bonds is 1. The minimum Gasteiger partial charge on any atom is -0.369 e. The molecule has 2 N–H and O–H groups in total. The van der Waals surface area contributed by atoms with Crippen LogP contribution in [0.1, 0.15) is 0 Å². The number of benzene rings is 1. The Morgan fingerprint density at radius 1 is 1.31 bits per heavy atom. The van der Waals surface area contributed by atoms with Gasteiger partial charge in [-0.15, -0.1) is 0 Å². The minimum atomic E-state index is -0.313. The number of nitrogens with zero attached hydrogens (tertiary/aromatic N) is 2. The first-order valence-corrected chi connectivity index (χ1v) is 3.83. The van der Waals surface area contributed by atoms with Crippen LogP contribution in [0.4, 0.5) is 10.3 Å². The highest BCUT2D eigenvalue weighted by Gasteiger charge is 2.04. The van der Waals surface area contributed by atoms with E-state index < -0.39 is 0 Å². The van der Waals surface area contributed by atoms with E-state index in [1.807, 2.05) is 0 Å². The maximum atomic E-state index is 13.2. The molecule has 1 heterocycles. The van der Waals surface area contributed by atoms with Crippen LogP contribution in [0.15, 0.2) is 36.7 Å². The van der Waals surface area contributed by atoms with Gasteiger partial charge < -0.3 is 5.73 Å². The van der Waals surface area contributed by atoms with Crippen LogP contribution in [-0.2, 0) is 0 Å². The van der Waals surface area contributed by atoms with Gasteiger partial charge in [-0.3, -0.25) is 4.57 Å². The Labute approximate surface area is 74.6 Å². The highest BCUT2D eigenvalue weighted by atomic mass is 19.1. The Balaban J connectivity index is 2.59. The summed E-state index contributed by atoms with van der Waals surface area (Å²) >= 11 is 0. The van der Waals surface area contributed by atoms with Crippen LogP contribution in [0.3, 0.4) is 0 Å². The fourth-order valence-corrected chi connectivity index (χ4v) is 1.17. The lowest BCUT2D eigenvalue weighted by Crippen LogP contribution is -2.01. The molecular weight excluding hydrogens is 169 g/mol. The second-order valence-corrected chi connectivity index (χ2v) is 2.61. The van der Waals surface area contributed by atoms with Crippen molar-refractivity contribution in [3.8, 4) is 5.69 Å². The van der Waals surface area contributed by atoms with Crippen LogP contribution in [0.5, 0.6) is 0 Å². The fourth-order valence-electron chi connectivity index (χ4n) is 1.17. The van der Waals surface area contributed by atoms with Crippen molar-refractivity contribution in [2.45, 2.75) is 0 Å². The van der Waals surface area contributed by atoms with Crippen LogP contribution < -0.4 is 5.73 Å². The predicted molar refractivity (Wildman–Crippen MR) is 47.9 cm³/mol. The van der Waals surface area contributed by atoms with Crippen LogP contribution >= 0.6 is 0 Å². The van der Waals surface area contributed by atoms with E-state index in [2.05, 4.69) is 4.98 Å². The molecule has 0 amide bonds. The van der Waals surface area contributed by atoms with E-state index in [-0.39, 0.29) is 11.8 Å². The second-order valence-electron chi connectivity index (χ2n) is 2.61. The third-order valence-electron chi connectivity index (χ3n) is 1.78. The number of hydrogen-bond donors (Lipinski definition) is 1. The molecule has 0 atom stereocenters. The number of halogens is 1. The highest BCUT2D eigenvalue weighted by molar-refractivity contribution is 5.39. The topological polar surface area (TPSA) is 43.8 Å². The van der Waals surface area contributed by atoms with Gasteiger partial charge in [-0.2, -0.15) is 0 Å². The molecule has 2 aromatic rings. The van der Waals surface area contributed by atoms with Gasteiger partial charge in [0, 0.05) is 12.4 Å². The second kappa shape index (κ2) is 2.90. The summed E-state index contributed by atoms with van der Waals surface area (Å²) in [5, 5.41) is 0. The van der Waals surface area contributed by atoms with Crippen molar-refractivity contribution in [1.82, 2.24) is 9.55 Å². The van der Waals surface area contributed by atoms with E-state index in [1.54, 1.807) is 24.4 Å². The molecule has 1 aromatic carbocycles. The summed E-state index contributed by atoms with van der Waals surface area (Å²) in [7, 11) is 0. The molecule has 1 aromatic heterocycles. The molecular formula is C9H8FN3. The summed E-state index contributed by atoms with van der Waals surface area (Å²) in [5.41, 5.74) is 5.94. The smallest absolute Gasteiger partial charge is 0.204 e. The van der Waals surface area contributed by atoms with Gasteiger partial charge in [0.2, 0.25) is 5.95 Å². The van der Waals surface area contributed by atoms with Gasteiger partial charge in [-0.25, -0.2) is 9.37 Å². The van der Waals surface area contributed by atoms with Crippen molar-refractivity contribution >= 4 is 5.95 Å². The van der Waals surface area contributed by atoms with Crippen LogP contribution in [0.25, 0.3) is 5.69 Å². The number of nitrogen functional groups attached to an aromatic ring is 1. The van der Waals surface area contributed by atoms with E-state index in [9.17, 15) is 4.39 Å². The zero-order valence-electron chi connectivity index (χ0n) is 6.81. The quantitative estimate of drug-likeness (QED) is 0.718. The van der Waals surface area contributed by atoms with Gasteiger partial charge in [0.15, 0.2) is 0 Å². The molecule has 66 valence electrons. The molecule has 0 aliphatic rings. The summed E-state index contributed by atoms with van der Waals surface area (Å²) in [6, 6.07) is 6.41. The summed E-state index contributed by atoms with van der Waals surface area (Å²) in [6.45, 7) is 0. The average Bonchev–Trinajstić information content (AvgIpc) is 2.52. The van der Waals surface area contributed by atoms with Crippen molar-refractivity contribution in [2.75, 3.05) is 5.73 Å². The van der Waals surface area contributed by atoms with E-state index in [1.165, 1.54) is 16.8 Å². The molecule has 0 spiro atoms. The first-order chi connectivity index (χ1) is 6.29. The van der Waals surface area contributed by atoms with Gasteiger partial charge >= 0.3 is 0 Å². The van der Waals surface area contributed by atoms with Gasteiger partial charge in [0.05, 0.1) is 5.69 Å². The Hall–Kier alpha value is -1.84. The SMILES string of the molecule is Nc1nccn1-c1ccccc1F. The van der Waals surface area contributed by atoms with Crippen molar-refractivity contribution < 1.29 is 4.39 Å². The van der Waals surface area contributed by atoms with E-state index >= 15 is 0 Å². The molecule has 0 bridgehead atoms. The summed E-state index contributed by atoms with van der Waals surface area (Å²) in [4.78, 5) is 3.81. The molecule has 4 heteroatoms. The number of hydrogen-bond acceptors (Lipinski definition) is 2. The average molecular weight is 177 g/mol.